The van der Waals surface area contributed by atoms with Gasteiger partial charge < -0.3 is 10.6 Å². The second-order valence-electron chi connectivity index (χ2n) is 3.79. The zero-order valence-electron chi connectivity index (χ0n) is 9.61. The third-order valence-electron chi connectivity index (χ3n) is 2.43. The molecule has 0 saturated heterocycles. The Morgan fingerprint density at radius 1 is 1.35 bits per heavy atom. The molecule has 6 heteroatoms. The average molecular weight is 311 g/mol. The molecule has 2 nitrogen and oxygen atoms in total. The number of nitrogens with zero attached hydrogens (tertiary/aromatic N) is 1. The van der Waals surface area contributed by atoms with Crippen molar-refractivity contribution in [2.75, 3.05) is 23.7 Å². The van der Waals surface area contributed by atoms with Crippen LogP contribution >= 0.6 is 15.9 Å². The smallest absolute Gasteiger partial charge is 0.398 e. The van der Waals surface area contributed by atoms with E-state index >= 15 is 0 Å². The molecule has 0 amide bonds. The Balaban J connectivity index is 3.08. The number of halogens is 4. The van der Waals surface area contributed by atoms with Crippen LogP contribution in [0.1, 0.15) is 12.5 Å². The van der Waals surface area contributed by atoms with Gasteiger partial charge in [0.25, 0.3) is 0 Å². The van der Waals surface area contributed by atoms with Crippen molar-refractivity contribution in [1.82, 2.24) is 0 Å². The number of aryl methyl sites for hydroxylation is 1. The molecule has 0 spiro atoms. The van der Waals surface area contributed by atoms with Crippen molar-refractivity contribution in [2.24, 2.45) is 0 Å². The highest BCUT2D eigenvalue weighted by Gasteiger charge is 2.31. The van der Waals surface area contributed by atoms with E-state index in [0.717, 1.165) is 5.56 Å². The molecule has 2 N–H and O–H groups in total. The minimum absolute atomic E-state index is 0.279. The van der Waals surface area contributed by atoms with E-state index in [-0.39, 0.29) is 6.54 Å². The van der Waals surface area contributed by atoms with E-state index < -0.39 is 12.7 Å². The second kappa shape index (κ2) is 5.16. The predicted octanol–water partition coefficient (Wildman–Crippen LogP) is 3.73. The summed E-state index contributed by atoms with van der Waals surface area (Å²) in [6.07, 6.45) is -4.22. The van der Waals surface area contributed by atoms with Crippen LogP contribution in [0.4, 0.5) is 24.5 Å². The first-order valence-electron chi connectivity index (χ1n) is 5.12. The third kappa shape index (κ3) is 3.80. The van der Waals surface area contributed by atoms with Crippen molar-refractivity contribution < 1.29 is 13.2 Å². The maximum absolute atomic E-state index is 12.4. The maximum Gasteiger partial charge on any atom is 0.405 e. The van der Waals surface area contributed by atoms with Crippen molar-refractivity contribution in [2.45, 2.75) is 20.0 Å². The summed E-state index contributed by atoms with van der Waals surface area (Å²) >= 11 is 3.24. The van der Waals surface area contributed by atoms with Gasteiger partial charge in [-0.25, -0.2) is 0 Å². The lowest BCUT2D eigenvalue weighted by Crippen LogP contribution is -2.34. The Bertz CT molecular complexity index is 404. The minimum atomic E-state index is -4.22. The minimum Gasteiger partial charge on any atom is -0.398 e. The van der Waals surface area contributed by atoms with E-state index in [4.69, 9.17) is 5.73 Å². The first-order valence-corrected chi connectivity index (χ1v) is 5.91. The number of nitrogens with two attached hydrogens (primary N) is 1. The first-order chi connectivity index (χ1) is 7.74. The van der Waals surface area contributed by atoms with E-state index in [1.165, 1.54) is 4.90 Å². The molecular weight excluding hydrogens is 297 g/mol. The molecule has 0 radical (unpaired) electrons. The van der Waals surface area contributed by atoms with Crippen molar-refractivity contribution in [3.8, 4) is 0 Å². The van der Waals surface area contributed by atoms with Crippen LogP contribution in [0, 0.1) is 6.92 Å². The van der Waals surface area contributed by atoms with Crippen LogP contribution in [0.3, 0.4) is 0 Å². The summed E-state index contributed by atoms with van der Waals surface area (Å²) in [7, 11) is 0. The number of benzene rings is 1. The highest BCUT2D eigenvalue weighted by atomic mass is 79.9. The fourth-order valence-corrected chi connectivity index (χ4v) is 2.12. The van der Waals surface area contributed by atoms with E-state index in [0.29, 0.717) is 15.8 Å². The van der Waals surface area contributed by atoms with Gasteiger partial charge in [0.05, 0.1) is 5.69 Å². The van der Waals surface area contributed by atoms with Gasteiger partial charge in [0.2, 0.25) is 0 Å². The Morgan fingerprint density at radius 2 is 1.94 bits per heavy atom. The molecule has 1 rings (SSSR count). The van der Waals surface area contributed by atoms with Gasteiger partial charge in [0.15, 0.2) is 0 Å². The molecule has 0 aromatic heterocycles. The second-order valence-corrected chi connectivity index (χ2v) is 4.64. The summed E-state index contributed by atoms with van der Waals surface area (Å²) in [6.45, 7) is 2.77. The van der Waals surface area contributed by atoms with Crippen molar-refractivity contribution in [1.29, 1.82) is 0 Å². The van der Waals surface area contributed by atoms with Gasteiger partial charge in [0, 0.05) is 16.7 Å². The molecule has 0 aliphatic heterocycles. The quantitative estimate of drug-likeness (QED) is 0.862. The van der Waals surface area contributed by atoms with E-state index in [2.05, 4.69) is 15.9 Å². The summed E-state index contributed by atoms with van der Waals surface area (Å²) in [5.41, 5.74) is 7.52. The number of hydrogen-bond acceptors (Lipinski definition) is 2. The number of anilines is 2. The Kier molecular flexibility index (Phi) is 4.30. The molecule has 0 aliphatic rings. The van der Waals surface area contributed by atoms with Gasteiger partial charge in [0.1, 0.15) is 6.54 Å². The summed E-state index contributed by atoms with van der Waals surface area (Å²) in [4.78, 5) is 1.26. The van der Waals surface area contributed by atoms with Gasteiger partial charge in [-0.3, -0.25) is 0 Å². The van der Waals surface area contributed by atoms with Gasteiger partial charge in [-0.1, -0.05) is 0 Å². The highest BCUT2D eigenvalue weighted by Crippen LogP contribution is 2.32. The summed E-state index contributed by atoms with van der Waals surface area (Å²) in [5, 5.41) is 0. The molecule has 17 heavy (non-hydrogen) atoms. The molecule has 1 aromatic rings. The molecule has 1 aromatic carbocycles. The zero-order chi connectivity index (χ0) is 13.2. The van der Waals surface area contributed by atoms with Crippen LogP contribution in [0.5, 0.6) is 0 Å². The van der Waals surface area contributed by atoms with Gasteiger partial charge in [-0.05, 0) is 47.5 Å². The lowest BCUT2D eigenvalue weighted by Gasteiger charge is -2.26. The van der Waals surface area contributed by atoms with Crippen molar-refractivity contribution in [3.05, 3.63) is 22.2 Å². The topological polar surface area (TPSA) is 29.3 Å². The number of nitrogen functional groups attached to an aromatic ring is 1. The molecule has 0 saturated carbocycles. The molecule has 0 aliphatic carbocycles. The molecule has 0 bridgehead atoms. The number of alkyl halides is 3. The van der Waals surface area contributed by atoms with Crippen LogP contribution in [-0.2, 0) is 0 Å². The SMILES string of the molecule is CCN(CC(F)(F)F)c1cc(C)c(N)cc1Br. The fraction of sp³-hybridized carbons (Fsp3) is 0.455. The van der Waals surface area contributed by atoms with Gasteiger partial charge in [-0.2, -0.15) is 13.2 Å². The van der Waals surface area contributed by atoms with E-state index in [9.17, 15) is 13.2 Å². The largest absolute Gasteiger partial charge is 0.405 e. The van der Waals surface area contributed by atoms with Crippen LogP contribution in [0.2, 0.25) is 0 Å². The molecular formula is C11H14BrF3N2. The van der Waals surface area contributed by atoms with Crippen molar-refractivity contribution in [3.63, 3.8) is 0 Å². The number of hydrogen-bond donors (Lipinski definition) is 1. The first kappa shape index (κ1) is 14.2. The van der Waals surface area contributed by atoms with Crippen LogP contribution in [0.25, 0.3) is 0 Å². The Labute approximate surface area is 107 Å². The maximum atomic E-state index is 12.4. The molecule has 0 unspecified atom stereocenters. The Morgan fingerprint density at radius 3 is 2.41 bits per heavy atom. The molecule has 0 fully saturated rings. The lowest BCUT2D eigenvalue weighted by atomic mass is 10.1. The van der Waals surface area contributed by atoms with Gasteiger partial charge in [-0.15, -0.1) is 0 Å². The van der Waals surface area contributed by atoms with Crippen LogP contribution in [-0.4, -0.2) is 19.3 Å². The van der Waals surface area contributed by atoms with E-state index in [1.807, 2.05) is 0 Å². The van der Waals surface area contributed by atoms with Crippen LogP contribution < -0.4 is 10.6 Å². The zero-order valence-corrected chi connectivity index (χ0v) is 11.2. The fourth-order valence-electron chi connectivity index (χ4n) is 1.51. The highest BCUT2D eigenvalue weighted by molar-refractivity contribution is 9.10. The third-order valence-corrected chi connectivity index (χ3v) is 3.06. The summed E-state index contributed by atoms with van der Waals surface area (Å²) < 4.78 is 37.8. The summed E-state index contributed by atoms with van der Waals surface area (Å²) in [5.74, 6) is 0. The normalized spacial score (nSPS) is 11.6. The molecule has 96 valence electrons. The lowest BCUT2D eigenvalue weighted by molar-refractivity contribution is -0.119. The molecule has 0 atom stereocenters. The standard InChI is InChI=1S/C11H14BrF3N2/c1-3-17(6-11(13,14)15)10-4-7(2)9(16)5-8(10)12/h4-5H,3,6,16H2,1-2H3. The predicted molar refractivity (Wildman–Crippen MR) is 67.2 cm³/mol. The number of rotatable bonds is 3. The van der Waals surface area contributed by atoms with E-state index in [1.54, 1.807) is 26.0 Å². The van der Waals surface area contributed by atoms with Crippen molar-refractivity contribution >= 4 is 27.3 Å². The monoisotopic (exact) mass is 310 g/mol. The van der Waals surface area contributed by atoms with Crippen LogP contribution in [0.15, 0.2) is 16.6 Å². The Hall–Kier alpha value is -0.910. The average Bonchev–Trinajstić information content (AvgIpc) is 2.19. The molecule has 0 heterocycles. The summed E-state index contributed by atoms with van der Waals surface area (Å²) in [6, 6.07) is 3.29. The van der Waals surface area contributed by atoms with Gasteiger partial charge >= 0.3 is 6.18 Å².